The summed E-state index contributed by atoms with van der Waals surface area (Å²) in [4.78, 5) is 21.2. The average molecular weight is 451 g/mol. The topological polar surface area (TPSA) is 61.9 Å². The maximum Gasteiger partial charge on any atom is 0.257 e. The lowest BCUT2D eigenvalue weighted by molar-refractivity contribution is -0.134. The molecule has 6 nitrogen and oxygen atoms in total. The molecule has 0 bridgehead atoms. The van der Waals surface area contributed by atoms with Crippen LogP contribution < -0.4 is 0 Å². The Bertz CT molecular complexity index is 1180. The Morgan fingerprint density at radius 2 is 2.13 bits per heavy atom. The van der Waals surface area contributed by atoms with Crippen molar-refractivity contribution >= 4 is 44.5 Å². The number of furan rings is 1. The zero-order valence-corrected chi connectivity index (χ0v) is 18.9. The fourth-order valence-corrected chi connectivity index (χ4v) is 5.52. The first kappa shape index (κ1) is 20.1. The van der Waals surface area contributed by atoms with Gasteiger partial charge in [0.2, 0.25) is 0 Å². The second kappa shape index (κ2) is 8.37. The van der Waals surface area contributed by atoms with Gasteiger partial charge >= 0.3 is 0 Å². The number of hydrazone groups is 1. The molecule has 31 heavy (non-hydrogen) atoms. The second-order valence-electron chi connectivity index (χ2n) is 7.61. The molecule has 4 aromatic rings. The molecule has 0 radical (unpaired) electrons. The molecule has 0 fully saturated rings. The number of aromatic nitrogens is 1. The molecule has 0 aliphatic carbocycles. The van der Waals surface area contributed by atoms with Crippen molar-refractivity contribution in [3.63, 3.8) is 0 Å². The number of likely N-dealkylation sites (N-methyl/N-ethyl adjacent to an activating group) is 1. The van der Waals surface area contributed by atoms with Crippen molar-refractivity contribution in [1.82, 2.24) is 14.9 Å². The van der Waals surface area contributed by atoms with Gasteiger partial charge in [0.1, 0.15) is 16.8 Å². The number of thiazole rings is 1. The van der Waals surface area contributed by atoms with E-state index in [1.165, 1.54) is 0 Å². The van der Waals surface area contributed by atoms with E-state index >= 15 is 0 Å². The Labute approximate surface area is 188 Å². The number of hydrogen-bond donors (Lipinski definition) is 0. The third-order valence-electron chi connectivity index (χ3n) is 5.56. The molecule has 5 rings (SSSR count). The van der Waals surface area contributed by atoms with Crippen LogP contribution in [-0.4, -0.2) is 40.1 Å². The molecule has 1 amide bonds. The minimum absolute atomic E-state index is 0.0201. The van der Waals surface area contributed by atoms with Crippen molar-refractivity contribution in [3.05, 3.63) is 75.8 Å². The molecule has 8 heteroatoms. The van der Waals surface area contributed by atoms with Crippen molar-refractivity contribution in [2.24, 2.45) is 5.10 Å². The molecule has 1 aliphatic heterocycles. The predicted molar refractivity (Wildman–Crippen MR) is 124 cm³/mol. The van der Waals surface area contributed by atoms with E-state index < -0.39 is 0 Å². The van der Waals surface area contributed by atoms with Crippen LogP contribution >= 0.6 is 22.7 Å². The zero-order chi connectivity index (χ0) is 21.4. The van der Waals surface area contributed by atoms with E-state index in [1.807, 2.05) is 59.8 Å². The summed E-state index contributed by atoms with van der Waals surface area (Å²) in [5.41, 5.74) is 1.92. The second-order valence-corrected chi connectivity index (χ2v) is 9.62. The normalized spacial score (nSPS) is 17.5. The van der Waals surface area contributed by atoms with Gasteiger partial charge in [-0.15, -0.1) is 22.7 Å². The van der Waals surface area contributed by atoms with E-state index in [2.05, 4.69) is 13.0 Å². The van der Waals surface area contributed by atoms with E-state index in [0.717, 1.165) is 31.6 Å². The third kappa shape index (κ3) is 3.94. The van der Waals surface area contributed by atoms with Gasteiger partial charge in [-0.3, -0.25) is 9.69 Å². The minimum atomic E-state index is -0.217. The molecule has 1 aliphatic rings. The standard InChI is InChI=1S/C23H22N4O2S2/c1-15(23-24-16-7-3-4-9-21(16)31-23)26(2)14-22(28)27-18(19-8-5-11-29-19)13-17(25-27)20-10-6-12-30-20/h3-12,15,18H,13-14H2,1-2H3/t15-,18+/m0/s1. The molecule has 0 unspecified atom stereocenters. The molecule has 3 aromatic heterocycles. The highest BCUT2D eigenvalue weighted by molar-refractivity contribution is 7.18. The lowest BCUT2D eigenvalue weighted by Gasteiger charge is -2.26. The summed E-state index contributed by atoms with van der Waals surface area (Å²) in [6.07, 6.45) is 2.29. The van der Waals surface area contributed by atoms with Crippen LogP contribution in [0.1, 0.15) is 41.1 Å². The van der Waals surface area contributed by atoms with Gasteiger partial charge in [-0.2, -0.15) is 5.10 Å². The fraction of sp³-hybridized carbons (Fsp3) is 0.261. The average Bonchev–Trinajstić information content (AvgIpc) is 3.56. The maximum atomic E-state index is 13.3. The van der Waals surface area contributed by atoms with Gasteiger partial charge in [-0.25, -0.2) is 9.99 Å². The number of carbonyl (C=O) groups is 1. The number of para-hydroxylation sites is 1. The maximum absolute atomic E-state index is 13.3. The monoisotopic (exact) mass is 450 g/mol. The van der Waals surface area contributed by atoms with E-state index in [-0.39, 0.29) is 24.5 Å². The Morgan fingerprint density at radius 3 is 2.87 bits per heavy atom. The van der Waals surface area contributed by atoms with Crippen molar-refractivity contribution in [3.8, 4) is 0 Å². The van der Waals surface area contributed by atoms with Crippen LogP contribution in [0.2, 0.25) is 0 Å². The first-order valence-corrected chi connectivity index (χ1v) is 11.8. The molecule has 0 saturated heterocycles. The highest BCUT2D eigenvalue weighted by Crippen LogP contribution is 2.35. The van der Waals surface area contributed by atoms with Crippen LogP contribution in [0.5, 0.6) is 0 Å². The minimum Gasteiger partial charge on any atom is -0.467 e. The Balaban J connectivity index is 1.35. The largest absolute Gasteiger partial charge is 0.467 e. The third-order valence-corrected chi connectivity index (χ3v) is 7.68. The Kier molecular flexibility index (Phi) is 5.43. The van der Waals surface area contributed by atoms with Gasteiger partial charge in [-0.1, -0.05) is 18.2 Å². The summed E-state index contributed by atoms with van der Waals surface area (Å²) < 4.78 is 6.79. The van der Waals surface area contributed by atoms with Crippen LogP contribution in [0.3, 0.4) is 0 Å². The summed E-state index contributed by atoms with van der Waals surface area (Å²) >= 11 is 3.31. The SMILES string of the molecule is C[C@@H](c1nc2ccccc2s1)N(C)CC(=O)N1N=C(c2cccs2)C[C@@H]1c1ccco1. The number of nitrogens with zero attached hydrogens (tertiary/aromatic N) is 4. The Hall–Kier alpha value is -2.81. The number of thiophene rings is 1. The highest BCUT2D eigenvalue weighted by atomic mass is 32.1. The van der Waals surface area contributed by atoms with E-state index in [1.54, 1.807) is 33.9 Å². The summed E-state index contributed by atoms with van der Waals surface area (Å²) in [5.74, 6) is 0.703. The zero-order valence-electron chi connectivity index (χ0n) is 17.3. The van der Waals surface area contributed by atoms with E-state index in [4.69, 9.17) is 14.5 Å². The highest BCUT2D eigenvalue weighted by Gasteiger charge is 2.35. The molecule has 4 heterocycles. The predicted octanol–water partition coefficient (Wildman–Crippen LogP) is 5.32. The van der Waals surface area contributed by atoms with Crippen molar-refractivity contribution in [2.45, 2.75) is 25.4 Å². The number of rotatable bonds is 6. The lowest BCUT2D eigenvalue weighted by Crippen LogP contribution is -2.37. The van der Waals surface area contributed by atoms with Crippen LogP contribution in [0.15, 0.2) is 69.7 Å². The molecular weight excluding hydrogens is 428 g/mol. The summed E-state index contributed by atoms with van der Waals surface area (Å²) in [6.45, 7) is 2.33. The van der Waals surface area contributed by atoms with Crippen LogP contribution in [-0.2, 0) is 4.79 Å². The molecule has 2 atom stereocenters. The number of carbonyl (C=O) groups excluding carboxylic acids is 1. The van der Waals surface area contributed by atoms with Crippen LogP contribution in [0.4, 0.5) is 0 Å². The van der Waals surface area contributed by atoms with Gasteiger partial charge in [0, 0.05) is 6.42 Å². The van der Waals surface area contributed by atoms with Gasteiger partial charge in [0.15, 0.2) is 0 Å². The molecule has 0 N–H and O–H groups in total. The van der Waals surface area contributed by atoms with Crippen molar-refractivity contribution < 1.29 is 9.21 Å². The van der Waals surface area contributed by atoms with Gasteiger partial charge < -0.3 is 4.42 Å². The molecular formula is C23H22N4O2S2. The number of amides is 1. The van der Waals surface area contributed by atoms with Crippen molar-refractivity contribution in [1.29, 1.82) is 0 Å². The quantitative estimate of drug-likeness (QED) is 0.399. The molecule has 0 spiro atoms. The summed E-state index contributed by atoms with van der Waals surface area (Å²) in [6, 6.07) is 15.7. The van der Waals surface area contributed by atoms with Gasteiger partial charge in [0.05, 0.1) is 39.7 Å². The van der Waals surface area contributed by atoms with Gasteiger partial charge in [-0.05, 0) is 49.7 Å². The smallest absolute Gasteiger partial charge is 0.257 e. The van der Waals surface area contributed by atoms with Gasteiger partial charge in [0.25, 0.3) is 5.91 Å². The first-order valence-electron chi connectivity index (χ1n) is 10.1. The lowest BCUT2D eigenvalue weighted by atomic mass is 10.1. The summed E-state index contributed by atoms with van der Waals surface area (Å²) in [7, 11) is 1.95. The molecule has 1 aromatic carbocycles. The number of hydrogen-bond acceptors (Lipinski definition) is 7. The first-order chi connectivity index (χ1) is 15.1. The van der Waals surface area contributed by atoms with Crippen LogP contribution in [0, 0.1) is 0 Å². The number of benzene rings is 1. The summed E-state index contributed by atoms with van der Waals surface area (Å²) in [5, 5.41) is 9.32. The van der Waals surface area contributed by atoms with E-state index in [0.29, 0.717) is 6.42 Å². The molecule has 158 valence electrons. The van der Waals surface area contributed by atoms with Crippen molar-refractivity contribution in [2.75, 3.05) is 13.6 Å². The van der Waals surface area contributed by atoms with Crippen LogP contribution in [0.25, 0.3) is 10.2 Å². The number of fused-ring (bicyclic) bond motifs is 1. The molecule has 0 saturated carbocycles. The Morgan fingerprint density at radius 1 is 1.26 bits per heavy atom. The fourth-order valence-electron chi connectivity index (χ4n) is 3.71. The van der Waals surface area contributed by atoms with E-state index in [9.17, 15) is 4.79 Å².